The summed E-state index contributed by atoms with van der Waals surface area (Å²) >= 11 is 1.52. The molecule has 11 heteroatoms. The van der Waals surface area contributed by atoms with E-state index in [2.05, 4.69) is 11.4 Å². The Balaban J connectivity index is 1.09. The Morgan fingerprint density at radius 3 is 2.12 bits per heavy atom. The van der Waals surface area contributed by atoms with Crippen LogP contribution >= 0.6 is 11.8 Å². The molecule has 0 spiro atoms. The highest BCUT2D eigenvalue weighted by atomic mass is 32.2. The maximum Gasteiger partial charge on any atom is 0.256 e. The van der Waals surface area contributed by atoms with Crippen molar-refractivity contribution in [3.63, 3.8) is 0 Å². The number of aliphatic hydroxyl groups is 1. The summed E-state index contributed by atoms with van der Waals surface area (Å²) in [5.41, 5.74) is 9.89. The number of hydrogen-bond donors (Lipinski definition) is 4. The lowest BCUT2D eigenvalue weighted by molar-refractivity contribution is -0.245. The number of carbonyl (C=O) groups is 2. The topological polar surface area (TPSA) is 143 Å². The highest BCUT2D eigenvalue weighted by molar-refractivity contribution is 7.99. The molecule has 2 amide bonds. The van der Waals surface area contributed by atoms with Crippen LogP contribution < -0.4 is 10.8 Å². The minimum Gasteiger partial charge on any atom is -0.431 e. The van der Waals surface area contributed by atoms with Gasteiger partial charge in [-0.3, -0.25) is 14.8 Å². The number of carbonyl (C=O) groups excluding carboxylic acids is 2. The molecule has 0 radical (unpaired) electrons. The van der Waals surface area contributed by atoms with Gasteiger partial charge in [0.25, 0.3) is 5.22 Å². The number of nitrogens with zero attached hydrogens (tertiary/aromatic N) is 1. The maximum absolute atomic E-state index is 12.4. The van der Waals surface area contributed by atoms with Gasteiger partial charge in [-0.2, -0.15) is 0 Å². The number of aliphatic hydroxyl groups excluding tert-OH is 1. The van der Waals surface area contributed by atoms with Gasteiger partial charge in [-0.1, -0.05) is 133 Å². The number of thioether (sulfide) groups is 1. The molecule has 10 nitrogen and oxygen atoms in total. The van der Waals surface area contributed by atoms with Gasteiger partial charge in [-0.25, -0.2) is 10.5 Å². The summed E-state index contributed by atoms with van der Waals surface area (Å²) in [6, 6.07) is 44.0. The van der Waals surface area contributed by atoms with Gasteiger partial charge in [0.15, 0.2) is 12.1 Å². The Bertz CT molecular complexity index is 2160. The molecule has 5 aromatic carbocycles. The molecular formula is C45H43N3O7S. The largest absolute Gasteiger partial charge is 0.431 e. The summed E-state index contributed by atoms with van der Waals surface area (Å²) in [4.78, 5) is 28.5. The number of rotatable bonds is 15. The molecule has 1 aliphatic rings. The third-order valence-electron chi connectivity index (χ3n) is 9.54. The molecule has 1 saturated heterocycles. The fraction of sp³-hybridized carbons (Fsp3) is 0.222. The van der Waals surface area contributed by atoms with Gasteiger partial charge in [0.1, 0.15) is 5.69 Å². The van der Waals surface area contributed by atoms with Crippen LogP contribution in [0, 0.1) is 0 Å². The predicted molar refractivity (Wildman–Crippen MR) is 214 cm³/mol. The zero-order valence-corrected chi connectivity index (χ0v) is 31.5. The number of oxazole rings is 1. The number of ether oxygens (including phenoxy) is 2. The normalized spacial score (nSPS) is 16.6. The van der Waals surface area contributed by atoms with Gasteiger partial charge in [0, 0.05) is 48.3 Å². The van der Waals surface area contributed by atoms with Crippen LogP contribution in [0.2, 0.25) is 0 Å². The van der Waals surface area contributed by atoms with Crippen molar-refractivity contribution in [2.24, 2.45) is 0 Å². The highest BCUT2D eigenvalue weighted by Crippen LogP contribution is 2.41. The van der Waals surface area contributed by atoms with Gasteiger partial charge >= 0.3 is 0 Å². The average Bonchev–Trinajstić information content (AvgIpc) is 3.70. The Morgan fingerprint density at radius 2 is 1.39 bits per heavy atom. The molecule has 6 aromatic rings. The highest BCUT2D eigenvalue weighted by Gasteiger charge is 2.33. The number of hydroxylamine groups is 1. The smallest absolute Gasteiger partial charge is 0.256 e. The number of benzene rings is 5. The first-order valence-electron chi connectivity index (χ1n) is 18.6. The quantitative estimate of drug-likeness (QED) is 0.0458. The molecule has 1 aliphatic heterocycles. The summed E-state index contributed by atoms with van der Waals surface area (Å²) in [7, 11) is 0. The van der Waals surface area contributed by atoms with E-state index in [0.717, 1.165) is 56.0 Å². The van der Waals surface area contributed by atoms with E-state index in [0.29, 0.717) is 30.4 Å². The Hall–Kier alpha value is -5.56. The molecule has 3 atom stereocenters. The SMILES string of the molecule is O=C(CCCC(=O)NCc1cccc(-c2cccc([C@@H]3O[C@H](CSc4nc(-c5ccccc5)c(-c5ccccc5)o4)C[C@H](c4ccc(CO)cc4)O3)c2)c1)NO. The fourth-order valence-electron chi connectivity index (χ4n) is 6.61. The molecule has 0 aliphatic carbocycles. The van der Waals surface area contributed by atoms with Crippen molar-refractivity contribution < 1.29 is 33.8 Å². The van der Waals surface area contributed by atoms with Crippen molar-refractivity contribution in [2.75, 3.05) is 5.75 Å². The molecule has 7 rings (SSSR count). The number of amides is 2. The first-order valence-corrected chi connectivity index (χ1v) is 19.6. The minimum atomic E-state index is -0.656. The lowest BCUT2D eigenvalue weighted by Gasteiger charge is -2.36. The molecule has 2 heterocycles. The molecule has 56 heavy (non-hydrogen) atoms. The second-order valence-corrected chi connectivity index (χ2v) is 14.5. The monoisotopic (exact) mass is 769 g/mol. The summed E-state index contributed by atoms with van der Waals surface area (Å²) < 4.78 is 19.8. The Labute approximate surface area is 329 Å². The standard InChI is InChI=1S/C45H43N3O7S/c49-28-30-20-22-32(23-21-30)39-26-38(29-56-45-47-42(33-11-3-1-4-12-33)43(55-45)34-13-5-2-6-14-34)53-44(54-39)37-17-8-16-36(25-37)35-15-7-10-31(24-35)27-46-40(50)18-9-19-41(51)48-52/h1-8,10-17,20-25,38-39,44,49,52H,9,18-19,26-29H2,(H,46,50)(H,48,51)/t38-,39+,44+/m0/s1. The molecule has 286 valence electrons. The Morgan fingerprint density at radius 1 is 0.714 bits per heavy atom. The Kier molecular flexibility index (Phi) is 13.0. The van der Waals surface area contributed by atoms with Crippen LogP contribution in [0.25, 0.3) is 33.7 Å². The van der Waals surface area contributed by atoms with Gasteiger partial charge in [0.05, 0.1) is 18.8 Å². The van der Waals surface area contributed by atoms with Crippen molar-refractivity contribution >= 4 is 23.6 Å². The first-order chi connectivity index (χ1) is 27.4. The molecule has 1 fully saturated rings. The fourth-order valence-corrected chi connectivity index (χ4v) is 7.45. The van der Waals surface area contributed by atoms with Crippen LogP contribution in [0.3, 0.4) is 0 Å². The maximum atomic E-state index is 12.4. The van der Waals surface area contributed by atoms with Crippen LogP contribution in [0.5, 0.6) is 0 Å². The van der Waals surface area contributed by atoms with Crippen molar-refractivity contribution in [3.05, 3.63) is 156 Å². The summed E-state index contributed by atoms with van der Waals surface area (Å²) in [5.74, 6) is 0.620. The van der Waals surface area contributed by atoms with Crippen LogP contribution in [0.15, 0.2) is 143 Å². The van der Waals surface area contributed by atoms with Crippen LogP contribution in [0.4, 0.5) is 0 Å². The van der Waals surface area contributed by atoms with E-state index in [1.807, 2.05) is 127 Å². The van der Waals surface area contributed by atoms with Gasteiger partial charge in [-0.05, 0) is 46.4 Å². The summed E-state index contributed by atoms with van der Waals surface area (Å²) in [6.45, 7) is 0.308. The molecule has 0 unspecified atom stereocenters. The van der Waals surface area contributed by atoms with Gasteiger partial charge in [0.2, 0.25) is 11.8 Å². The first kappa shape index (κ1) is 38.7. The molecule has 4 N–H and O–H groups in total. The van der Waals surface area contributed by atoms with Gasteiger partial charge in [-0.15, -0.1) is 0 Å². The lowest BCUT2D eigenvalue weighted by Crippen LogP contribution is -2.31. The van der Waals surface area contributed by atoms with E-state index in [9.17, 15) is 14.7 Å². The lowest BCUT2D eigenvalue weighted by atomic mass is 9.99. The van der Waals surface area contributed by atoms with Crippen molar-refractivity contribution in [2.45, 2.75) is 62.6 Å². The van der Waals surface area contributed by atoms with Crippen LogP contribution in [-0.2, 0) is 32.2 Å². The second kappa shape index (κ2) is 18.9. The van der Waals surface area contributed by atoms with Crippen LogP contribution in [0.1, 0.15) is 60.3 Å². The van der Waals surface area contributed by atoms with E-state index < -0.39 is 12.2 Å². The molecular weight excluding hydrogens is 727 g/mol. The second-order valence-electron chi connectivity index (χ2n) is 13.5. The minimum absolute atomic E-state index is 0.0330. The number of nitrogens with one attached hydrogen (secondary N) is 2. The van der Waals surface area contributed by atoms with Crippen molar-refractivity contribution in [1.29, 1.82) is 0 Å². The summed E-state index contributed by atoms with van der Waals surface area (Å²) in [5, 5.41) is 21.8. The van der Waals surface area contributed by atoms with Gasteiger partial charge < -0.3 is 24.3 Å². The van der Waals surface area contributed by atoms with E-state index in [4.69, 9.17) is 24.1 Å². The zero-order valence-electron chi connectivity index (χ0n) is 30.7. The third kappa shape index (κ3) is 9.99. The van der Waals surface area contributed by atoms with Crippen molar-refractivity contribution in [3.8, 4) is 33.7 Å². The van der Waals surface area contributed by atoms with Crippen molar-refractivity contribution in [1.82, 2.24) is 15.8 Å². The van der Waals surface area contributed by atoms with E-state index in [1.54, 1.807) is 5.48 Å². The molecule has 1 aromatic heterocycles. The van der Waals surface area contributed by atoms with E-state index in [1.165, 1.54) is 11.8 Å². The third-order valence-corrected chi connectivity index (χ3v) is 10.5. The van der Waals surface area contributed by atoms with E-state index in [-0.39, 0.29) is 37.6 Å². The van der Waals surface area contributed by atoms with Crippen LogP contribution in [-0.4, -0.2) is 39.0 Å². The molecule has 0 saturated carbocycles. The number of hydrogen-bond acceptors (Lipinski definition) is 9. The predicted octanol–water partition coefficient (Wildman–Crippen LogP) is 8.80. The molecule has 0 bridgehead atoms. The average molecular weight is 770 g/mol. The van der Waals surface area contributed by atoms with E-state index >= 15 is 0 Å². The number of aromatic nitrogens is 1. The zero-order chi connectivity index (χ0) is 38.7. The summed E-state index contributed by atoms with van der Waals surface area (Å²) in [6.07, 6.45) is 0.0944.